The van der Waals surface area contributed by atoms with Gasteiger partial charge in [0.25, 0.3) is 0 Å². The fourth-order valence-corrected chi connectivity index (χ4v) is 3.70. The average Bonchev–Trinajstić information content (AvgIpc) is 2.68. The Morgan fingerprint density at radius 3 is 2.65 bits per heavy atom. The Hall–Kier alpha value is -0.860. The molecule has 1 heterocycles. The number of thiazole rings is 1. The van der Waals surface area contributed by atoms with Crippen LogP contribution in [0.4, 0.5) is 18.3 Å². The van der Waals surface area contributed by atoms with E-state index < -0.39 is 11.7 Å². The highest BCUT2D eigenvalue weighted by atomic mass is 79.9. The molecule has 0 bridgehead atoms. The normalized spacial score (nSPS) is 11.8. The van der Waals surface area contributed by atoms with Gasteiger partial charge in [0.2, 0.25) is 5.13 Å². The zero-order valence-electron chi connectivity index (χ0n) is 10.3. The van der Waals surface area contributed by atoms with Gasteiger partial charge >= 0.3 is 6.18 Å². The Kier molecular flexibility index (Phi) is 4.27. The minimum Gasteiger partial charge on any atom is -0.253 e. The van der Waals surface area contributed by atoms with Crippen LogP contribution < -0.4 is 5.43 Å². The van der Waals surface area contributed by atoms with Crippen LogP contribution in [0.25, 0.3) is 10.2 Å². The van der Waals surface area contributed by atoms with E-state index in [1.165, 1.54) is 6.07 Å². The first-order valence-electron chi connectivity index (χ1n) is 5.32. The van der Waals surface area contributed by atoms with Gasteiger partial charge in [-0.2, -0.15) is 18.3 Å². The van der Waals surface area contributed by atoms with Crippen LogP contribution in [0, 0.1) is 0 Å². The summed E-state index contributed by atoms with van der Waals surface area (Å²) in [7, 11) is 0. The van der Waals surface area contributed by atoms with E-state index in [0.29, 0.717) is 0 Å². The topological polar surface area (TPSA) is 37.3 Å². The first-order chi connectivity index (χ1) is 9.20. The number of anilines is 1. The van der Waals surface area contributed by atoms with Crippen molar-refractivity contribution in [3.8, 4) is 0 Å². The van der Waals surface area contributed by atoms with E-state index in [-0.39, 0.29) is 24.8 Å². The van der Waals surface area contributed by atoms with Gasteiger partial charge in [-0.05, 0) is 19.9 Å². The minimum absolute atomic E-state index is 0.0247. The summed E-state index contributed by atoms with van der Waals surface area (Å²) in [5.74, 6) is 0. The molecule has 1 aromatic heterocycles. The standard InChI is InChI=1S/C11H8BrClF3N3S/c1-4(2)18-19-10-17-8-6(13)3-5(12)7(9(8)20-10)11(14,15)16/h3H,1-2H3,(H,17,19). The summed E-state index contributed by atoms with van der Waals surface area (Å²) >= 11 is 9.70. The molecule has 0 atom stereocenters. The number of fused-ring (bicyclic) bond motifs is 1. The van der Waals surface area contributed by atoms with Crippen molar-refractivity contribution in [1.29, 1.82) is 0 Å². The maximum atomic E-state index is 13.1. The quantitative estimate of drug-likeness (QED) is 0.543. The number of hydrogen-bond donors (Lipinski definition) is 1. The predicted molar refractivity (Wildman–Crippen MR) is 79.7 cm³/mol. The van der Waals surface area contributed by atoms with E-state index in [4.69, 9.17) is 11.6 Å². The van der Waals surface area contributed by atoms with Gasteiger partial charge in [-0.3, -0.25) is 5.43 Å². The third-order valence-corrected chi connectivity index (χ3v) is 4.12. The van der Waals surface area contributed by atoms with Crippen LogP contribution in [-0.2, 0) is 6.18 Å². The molecule has 2 aromatic rings. The number of nitrogens with zero attached hydrogens (tertiary/aromatic N) is 2. The SMILES string of the molecule is CC(C)=NNc1nc2c(Cl)cc(Br)c(C(F)(F)F)c2s1. The molecule has 1 aromatic carbocycles. The van der Waals surface area contributed by atoms with Gasteiger partial charge in [0.05, 0.1) is 15.3 Å². The van der Waals surface area contributed by atoms with Crippen LogP contribution in [0.3, 0.4) is 0 Å². The maximum Gasteiger partial charge on any atom is 0.418 e. The molecule has 0 radical (unpaired) electrons. The molecule has 3 nitrogen and oxygen atoms in total. The van der Waals surface area contributed by atoms with Crippen molar-refractivity contribution in [2.75, 3.05) is 5.43 Å². The van der Waals surface area contributed by atoms with Gasteiger partial charge in [0.15, 0.2) is 0 Å². The van der Waals surface area contributed by atoms with E-state index in [1.807, 2.05) is 0 Å². The van der Waals surface area contributed by atoms with Crippen LogP contribution in [-0.4, -0.2) is 10.7 Å². The van der Waals surface area contributed by atoms with Gasteiger partial charge in [-0.1, -0.05) is 38.9 Å². The Balaban J connectivity index is 2.66. The van der Waals surface area contributed by atoms with Gasteiger partial charge in [0, 0.05) is 10.2 Å². The van der Waals surface area contributed by atoms with Crippen LogP contribution in [0.15, 0.2) is 15.6 Å². The van der Waals surface area contributed by atoms with Crippen molar-refractivity contribution in [3.63, 3.8) is 0 Å². The number of benzene rings is 1. The summed E-state index contributed by atoms with van der Waals surface area (Å²) in [6, 6.07) is 1.20. The fraction of sp³-hybridized carbons (Fsp3) is 0.273. The molecule has 1 N–H and O–H groups in total. The lowest BCUT2D eigenvalue weighted by Gasteiger charge is -2.10. The van der Waals surface area contributed by atoms with E-state index in [1.54, 1.807) is 13.8 Å². The Morgan fingerprint density at radius 1 is 1.45 bits per heavy atom. The lowest BCUT2D eigenvalue weighted by Crippen LogP contribution is -2.06. The molecule has 0 spiro atoms. The van der Waals surface area contributed by atoms with E-state index in [9.17, 15) is 13.2 Å². The molecule has 2 rings (SSSR count). The third kappa shape index (κ3) is 3.07. The zero-order valence-corrected chi connectivity index (χ0v) is 13.4. The van der Waals surface area contributed by atoms with Crippen LogP contribution >= 0.6 is 38.9 Å². The molecule has 108 valence electrons. The van der Waals surface area contributed by atoms with Gasteiger partial charge in [-0.25, -0.2) is 4.98 Å². The van der Waals surface area contributed by atoms with Crippen molar-refractivity contribution in [2.45, 2.75) is 20.0 Å². The molecule has 0 unspecified atom stereocenters. The first kappa shape index (κ1) is 15.5. The highest BCUT2D eigenvalue weighted by Gasteiger charge is 2.37. The Morgan fingerprint density at radius 2 is 2.10 bits per heavy atom. The fourth-order valence-electron chi connectivity index (χ4n) is 1.48. The molecule has 20 heavy (non-hydrogen) atoms. The van der Waals surface area contributed by atoms with E-state index in [2.05, 4.69) is 31.4 Å². The number of aromatic nitrogens is 1. The van der Waals surface area contributed by atoms with Gasteiger partial charge < -0.3 is 0 Å². The monoisotopic (exact) mass is 385 g/mol. The minimum atomic E-state index is -4.49. The first-order valence-corrected chi connectivity index (χ1v) is 7.31. The van der Waals surface area contributed by atoms with Crippen LogP contribution in [0.5, 0.6) is 0 Å². The molecule has 0 saturated carbocycles. The summed E-state index contributed by atoms with van der Waals surface area (Å²) in [6.07, 6.45) is -4.49. The Bertz CT molecular complexity index is 692. The van der Waals surface area contributed by atoms with Crippen LogP contribution in [0.2, 0.25) is 5.02 Å². The summed E-state index contributed by atoms with van der Waals surface area (Å²) in [6.45, 7) is 3.51. The summed E-state index contributed by atoms with van der Waals surface area (Å²) < 4.78 is 39.1. The Labute approximate surface area is 130 Å². The summed E-state index contributed by atoms with van der Waals surface area (Å²) in [5, 5.41) is 4.32. The number of alkyl halides is 3. The summed E-state index contributed by atoms with van der Waals surface area (Å²) in [4.78, 5) is 4.05. The molecule has 0 fully saturated rings. The maximum absolute atomic E-state index is 13.1. The zero-order chi connectivity index (χ0) is 15.1. The van der Waals surface area contributed by atoms with Crippen molar-refractivity contribution in [1.82, 2.24) is 4.98 Å². The second-order valence-electron chi connectivity index (χ2n) is 4.08. The number of nitrogens with one attached hydrogen (secondary N) is 1. The second kappa shape index (κ2) is 5.50. The van der Waals surface area contributed by atoms with Crippen molar-refractivity contribution in [2.24, 2.45) is 5.10 Å². The van der Waals surface area contributed by atoms with E-state index >= 15 is 0 Å². The number of halogens is 5. The number of hydrogen-bond acceptors (Lipinski definition) is 4. The van der Waals surface area contributed by atoms with E-state index in [0.717, 1.165) is 17.0 Å². The highest BCUT2D eigenvalue weighted by molar-refractivity contribution is 9.10. The smallest absolute Gasteiger partial charge is 0.253 e. The van der Waals surface area contributed by atoms with Crippen molar-refractivity contribution in [3.05, 3.63) is 21.1 Å². The molecule has 0 aliphatic heterocycles. The number of rotatable bonds is 2. The second-order valence-corrected chi connectivity index (χ2v) is 6.34. The molecule has 0 amide bonds. The molecular weight excluding hydrogens is 379 g/mol. The molecule has 0 aliphatic carbocycles. The molecule has 9 heteroatoms. The molecular formula is C11H8BrClF3N3S. The van der Waals surface area contributed by atoms with Crippen molar-refractivity contribution >= 4 is 59.9 Å². The van der Waals surface area contributed by atoms with Gasteiger partial charge in [0.1, 0.15) is 5.52 Å². The predicted octanol–water partition coefficient (Wildman–Crippen LogP) is 5.54. The number of hydrazone groups is 1. The summed E-state index contributed by atoms with van der Waals surface area (Å²) in [5.41, 5.74) is 2.67. The molecule has 0 saturated heterocycles. The van der Waals surface area contributed by atoms with Crippen molar-refractivity contribution < 1.29 is 13.2 Å². The lowest BCUT2D eigenvalue weighted by atomic mass is 10.2. The lowest BCUT2D eigenvalue weighted by molar-refractivity contribution is -0.136. The average molecular weight is 387 g/mol. The highest BCUT2D eigenvalue weighted by Crippen LogP contribution is 2.45. The van der Waals surface area contributed by atoms with Gasteiger partial charge in [-0.15, -0.1) is 0 Å². The third-order valence-electron chi connectivity index (χ3n) is 2.23. The largest absolute Gasteiger partial charge is 0.418 e. The van der Waals surface area contributed by atoms with Crippen LogP contribution in [0.1, 0.15) is 19.4 Å². The molecule has 0 aliphatic rings.